The Bertz CT molecular complexity index is 556. The first kappa shape index (κ1) is 13.2. The molecule has 2 aromatic rings. The average Bonchev–Trinajstić information content (AvgIpc) is 2.47. The summed E-state index contributed by atoms with van der Waals surface area (Å²) in [6.07, 6.45) is 0. The molecule has 0 spiro atoms. The van der Waals surface area contributed by atoms with Gasteiger partial charge in [-0.25, -0.2) is 0 Å². The van der Waals surface area contributed by atoms with Crippen LogP contribution in [0, 0.1) is 0 Å². The van der Waals surface area contributed by atoms with Gasteiger partial charge in [0, 0.05) is 6.54 Å². The zero-order chi connectivity index (χ0) is 14.0. The molecule has 0 amide bonds. The Morgan fingerprint density at radius 3 is 2.40 bits per heavy atom. The minimum atomic E-state index is -0.0697. The summed E-state index contributed by atoms with van der Waals surface area (Å²) in [6.45, 7) is 1.96. The molecular weight excluding hydrogens is 250 g/mol. The largest absolute Gasteiger partial charge is 0.497 e. The van der Waals surface area contributed by atoms with Gasteiger partial charge in [-0.15, -0.1) is 0 Å². The van der Waals surface area contributed by atoms with Crippen LogP contribution in [0.25, 0.3) is 0 Å². The van der Waals surface area contributed by atoms with Crippen LogP contribution in [-0.4, -0.2) is 20.3 Å². The summed E-state index contributed by atoms with van der Waals surface area (Å²) in [4.78, 5) is 0. The van der Waals surface area contributed by atoms with E-state index in [2.05, 4.69) is 36.4 Å². The Morgan fingerprint density at radius 2 is 1.80 bits per heavy atom. The van der Waals surface area contributed by atoms with Gasteiger partial charge in [-0.05, 0) is 28.8 Å². The second-order valence-electron chi connectivity index (χ2n) is 5.21. The summed E-state index contributed by atoms with van der Waals surface area (Å²) in [5.41, 5.74) is 9.33. The van der Waals surface area contributed by atoms with Crippen molar-refractivity contribution >= 4 is 0 Å². The molecule has 1 aliphatic heterocycles. The maximum atomic E-state index is 5.75. The maximum absolute atomic E-state index is 5.75. The molecule has 0 aromatic heterocycles. The van der Waals surface area contributed by atoms with Gasteiger partial charge in [-0.1, -0.05) is 36.4 Å². The summed E-state index contributed by atoms with van der Waals surface area (Å²) in [5, 5.41) is 0. The van der Waals surface area contributed by atoms with Crippen LogP contribution in [0.15, 0.2) is 48.5 Å². The lowest BCUT2D eigenvalue weighted by Gasteiger charge is -2.42. The first-order valence-corrected chi connectivity index (χ1v) is 6.80. The number of hydrogen-bond donors (Lipinski definition) is 1. The predicted molar refractivity (Wildman–Crippen MR) is 78.9 cm³/mol. The van der Waals surface area contributed by atoms with Gasteiger partial charge in [-0.2, -0.15) is 0 Å². The van der Waals surface area contributed by atoms with Gasteiger partial charge in [0.2, 0.25) is 0 Å². The third-order valence-electron chi connectivity index (χ3n) is 4.03. The monoisotopic (exact) mass is 269 g/mol. The molecule has 1 heterocycles. The molecule has 0 aliphatic carbocycles. The van der Waals surface area contributed by atoms with E-state index < -0.39 is 0 Å². The maximum Gasteiger partial charge on any atom is 0.119 e. The fourth-order valence-electron chi connectivity index (χ4n) is 2.72. The van der Waals surface area contributed by atoms with Crippen LogP contribution in [0.4, 0.5) is 0 Å². The van der Waals surface area contributed by atoms with Gasteiger partial charge in [0.15, 0.2) is 0 Å². The van der Waals surface area contributed by atoms with E-state index in [0.29, 0.717) is 19.8 Å². The number of rotatable bonds is 4. The number of ether oxygens (including phenoxy) is 2. The average molecular weight is 269 g/mol. The van der Waals surface area contributed by atoms with Crippen LogP contribution in [0.1, 0.15) is 16.7 Å². The molecule has 2 N–H and O–H groups in total. The minimum Gasteiger partial charge on any atom is -0.497 e. The van der Waals surface area contributed by atoms with Crippen molar-refractivity contribution in [2.75, 3.05) is 20.3 Å². The fourth-order valence-corrected chi connectivity index (χ4v) is 2.72. The molecule has 1 aliphatic rings. The normalized spacial score (nSPS) is 16.5. The highest BCUT2D eigenvalue weighted by molar-refractivity contribution is 5.45. The van der Waals surface area contributed by atoms with Gasteiger partial charge < -0.3 is 15.2 Å². The first-order valence-electron chi connectivity index (χ1n) is 6.80. The van der Waals surface area contributed by atoms with Crippen molar-refractivity contribution in [1.82, 2.24) is 0 Å². The molecule has 0 atom stereocenters. The Kier molecular flexibility index (Phi) is 3.47. The molecule has 2 aromatic carbocycles. The van der Waals surface area contributed by atoms with E-state index >= 15 is 0 Å². The van der Waals surface area contributed by atoms with Crippen molar-refractivity contribution in [3.8, 4) is 5.75 Å². The highest BCUT2D eigenvalue weighted by Crippen LogP contribution is 2.40. The van der Waals surface area contributed by atoms with Gasteiger partial charge in [-0.3, -0.25) is 0 Å². The lowest BCUT2D eigenvalue weighted by Crippen LogP contribution is -2.47. The summed E-state index contributed by atoms with van der Waals surface area (Å²) in [7, 11) is 1.69. The first-order chi connectivity index (χ1) is 9.78. The molecular formula is C17H19NO2. The topological polar surface area (TPSA) is 44.5 Å². The number of hydrogen-bond acceptors (Lipinski definition) is 3. The van der Waals surface area contributed by atoms with Crippen LogP contribution in [-0.2, 0) is 16.7 Å². The van der Waals surface area contributed by atoms with Gasteiger partial charge >= 0.3 is 0 Å². The van der Waals surface area contributed by atoms with Crippen LogP contribution in [0.2, 0.25) is 0 Å². The molecule has 0 radical (unpaired) electrons. The summed E-state index contributed by atoms with van der Waals surface area (Å²) < 4.78 is 10.9. The molecule has 3 nitrogen and oxygen atoms in total. The molecule has 0 saturated carbocycles. The lowest BCUT2D eigenvalue weighted by atomic mass is 9.72. The minimum absolute atomic E-state index is 0.0697. The molecule has 3 rings (SSSR count). The lowest BCUT2D eigenvalue weighted by molar-refractivity contribution is -0.0380. The van der Waals surface area contributed by atoms with Gasteiger partial charge in [0.05, 0.1) is 25.7 Å². The number of benzene rings is 2. The van der Waals surface area contributed by atoms with E-state index in [1.165, 1.54) is 11.1 Å². The fraction of sp³-hybridized carbons (Fsp3) is 0.294. The second-order valence-corrected chi connectivity index (χ2v) is 5.21. The third-order valence-corrected chi connectivity index (χ3v) is 4.03. The number of nitrogens with two attached hydrogens (primary N) is 1. The van der Waals surface area contributed by atoms with E-state index in [4.69, 9.17) is 15.2 Å². The van der Waals surface area contributed by atoms with Crippen molar-refractivity contribution in [2.45, 2.75) is 12.0 Å². The van der Waals surface area contributed by atoms with Crippen LogP contribution in [0.3, 0.4) is 0 Å². The molecule has 20 heavy (non-hydrogen) atoms. The van der Waals surface area contributed by atoms with Crippen LogP contribution in [0.5, 0.6) is 5.75 Å². The highest BCUT2D eigenvalue weighted by atomic mass is 16.5. The zero-order valence-electron chi connectivity index (χ0n) is 11.6. The van der Waals surface area contributed by atoms with Crippen molar-refractivity contribution in [2.24, 2.45) is 5.73 Å². The molecule has 104 valence electrons. The molecule has 3 heteroatoms. The third kappa shape index (κ3) is 2.09. The molecule has 0 bridgehead atoms. The number of methoxy groups -OCH3 is 1. The second kappa shape index (κ2) is 5.27. The van der Waals surface area contributed by atoms with E-state index in [-0.39, 0.29) is 5.41 Å². The predicted octanol–water partition coefficient (Wildman–Crippen LogP) is 2.47. The van der Waals surface area contributed by atoms with Crippen LogP contribution >= 0.6 is 0 Å². The Labute approximate surface area is 119 Å². The van der Waals surface area contributed by atoms with E-state index in [9.17, 15) is 0 Å². The van der Waals surface area contributed by atoms with E-state index in [0.717, 1.165) is 11.3 Å². The van der Waals surface area contributed by atoms with Crippen molar-refractivity contribution < 1.29 is 9.47 Å². The summed E-state index contributed by atoms with van der Waals surface area (Å²) >= 11 is 0. The van der Waals surface area contributed by atoms with Gasteiger partial charge in [0.1, 0.15) is 5.75 Å². The Hall–Kier alpha value is -1.84. The molecule has 0 unspecified atom stereocenters. The standard InChI is InChI=1S/C17H19NO2/c1-19-16-7-3-6-15(9-16)17(11-20-12-17)14-5-2-4-13(8-14)10-18/h2-9H,10-12,18H2,1H3. The van der Waals surface area contributed by atoms with E-state index in [1.54, 1.807) is 7.11 Å². The van der Waals surface area contributed by atoms with Crippen molar-refractivity contribution in [1.29, 1.82) is 0 Å². The summed E-state index contributed by atoms with van der Waals surface area (Å²) in [6, 6.07) is 16.7. The zero-order valence-corrected chi connectivity index (χ0v) is 11.6. The molecule has 1 fully saturated rings. The van der Waals surface area contributed by atoms with Crippen molar-refractivity contribution in [3.63, 3.8) is 0 Å². The molecule has 1 saturated heterocycles. The quantitative estimate of drug-likeness (QED) is 0.927. The Morgan fingerprint density at radius 1 is 1.10 bits per heavy atom. The van der Waals surface area contributed by atoms with Crippen LogP contribution < -0.4 is 10.5 Å². The Balaban J connectivity index is 2.05. The van der Waals surface area contributed by atoms with E-state index in [1.807, 2.05) is 12.1 Å². The van der Waals surface area contributed by atoms with Crippen molar-refractivity contribution in [3.05, 3.63) is 65.2 Å². The smallest absolute Gasteiger partial charge is 0.119 e. The highest BCUT2D eigenvalue weighted by Gasteiger charge is 2.42. The summed E-state index contributed by atoms with van der Waals surface area (Å²) in [5.74, 6) is 0.878. The SMILES string of the molecule is COc1cccc(C2(c3cccc(CN)c3)COC2)c1. The van der Waals surface area contributed by atoms with Gasteiger partial charge in [0.25, 0.3) is 0 Å².